The van der Waals surface area contributed by atoms with E-state index in [-0.39, 0.29) is 12.1 Å². The van der Waals surface area contributed by atoms with Crippen molar-refractivity contribution in [3.8, 4) is 0 Å². The molecule has 1 fully saturated rings. The number of nitrogens with two attached hydrogens (primary N) is 1. The van der Waals surface area contributed by atoms with E-state index in [1.165, 1.54) is 25.7 Å². The van der Waals surface area contributed by atoms with Crippen LogP contribution in [0.25, 0.3) is 0 Å². The van der Waals surface area contributed by atoms with E-state index in [4.69, 9.17) is 10.8 Å². The van der Waals surface area contributed by atoms with Gasteiger partial charge < -0.3 is 16.2 Å². The van der Waals surface area contributed by atoms with Crippen LogP contribution < -0.4 is 11.1 Å². The predicted octanol–water partition coefficient (Wildman–Crippen LogP) is 2.03. The first kappa shape index (κ1) is 14.9. The molecule has 1 unspecified atom stereocenters. The fourth-order valence-corrected chi connectivity index (χ4v) is 2.81. The first-order valence-electron chi connectivity index (χ1n) is 7.02. The zero-order valence-corrected chi connectivity index (χ0v) is 11.8. The molecule has 0 spiro atoms. The first-order valence-corrected chi connectivity index (χ1v) is 7.02. The molecular weight excluding hydrogens is 212 g/mol. The van der Waals surface area contributed by atoms with E-state index in [1.807, 2.05) is 0 Å². The summed E-state index contributed by atoms with van der Waals surface area (Å²) in [4.78, 5) is 0. The van der Waals surface area contributed by atoms with Crippen LogP contribution in [-0.4, -0.2) is 29.8 Å². The predicted molar refractivity (Wildman–Crippen MR) is 73.0 cm³/mol. The zero-order chi connectivity index (χ0) is 12.9. The van der Waals surface area contributed by atoms with Crippen molar-refractivity contribution in [2.45, 2.75) is 70.9 Å². The van der Waals surface area contributed by atoms with Crippen LogP contribution in [0.2, 0.25) is 0 Å². The lowest BCUT2D eigenvalue weighted by atomic mass is 9.69. The number of aliphatic hydroxyl groups excluding tert-OH is 1. The molecule has 0 aliphatic heterocycles. The quantitative estimate of drug-likeness (QED) is 0.668. The molecule has 1 aliphatic rings. The summed E-state index contributed by atoms with van der Waals surface area (Å²) in [5, 5.41) is 12.6. The van der Waals surface area contributed by atoms with Gasteiger partial charge in [-0.25, -0.2) is 0 Å². The second-order valence-corrected chi connectivity index (χ2v) is 6.56. The number of hydrogen-bond acceptors (Lipinski definition) is 3. The van der Waals surface area contributed by atoms with Gasteiger partial charge in [-0.15, -0.1) is 0 Å². The average molecular weight is 242 g/mol. The summed E-state index contributed by atoms with van der Waals surface area (Å²) >= 11 is 0. The van der Waals surface area contributed by atoms with Crippen molar-refractivity contribution < 1.29 is 5.11 Å². The highest BCUT2D eigenvalue weighted by atomic mass is 16.2. The number of nitrogens with one attached hydrogen (secondary N) is 1. The van der Waals surface area contributed by atoms with Crippen LogP contribution in [0.4, 0.5) is 0 Å². The number of rotatable bonds is 6. The average Bonchev–Trinajstić information content (AvgIpc) is 2.30. The monoisotopic (exact) mass is 242 g/mol. The fraction of sp³-hybridized carbons (Fsp3) is 1.00. The van der Waals surface area contributed by atoms with Crippen LogP contribution >= 0.6 is 0 Å². The third-order valence-electron chi connectivity index (χ3n) is 4.30. The van der Waals surface area contributed by atoms with Crippen LogP contribution in [0.15, 0.2) is 0 Å². The van der Waals surface area contributed by atoms with E-state index >= 15 is 0 Å². The van der Waals surface area contributed by atoms with E-state index in [0.29, 0.717) is 11.5 Å². The summed E-state index contributed by atoms with van der Waals surface area (Å²) in [5.74, 6) is 0. The highest BCUT2D eigenvalue weighted by molar-refractivity contribution is 4.97. The Morgan fingerprint density at radius 3 is 2.29 bits per heavy atom. The molecule has 1 rings (SSSR count). The lowest BCUT2D eigenvalue weighted by Crippen LogP contribution is -2.57. The molecule has 4 N–H and O–H groups in total. The van der Waals surface area contributed by atoms with E-state index in [0.717, 1.165) is 19.4 Å². The van der Waals surface area contributed by atoms with Crippen molar-refractivity contribution in [2.75, 3.05) is 13.2 Å². The lowest BCUT2D eigenvalue weighted by molar-refractivity contribution is 0.127. The molecule has 0 saturated heterocycles. The summed E-state index contributed by atoms with van der Waals surface area (Å²) in [6, 6.07) is 0.451. The van der Waals surface area contributed by atoms with Crippen molar-refractivity contribution in [1.82, 2.24) is 5.32 Å². The van der Waals surface area contributed by atoms with E-state index in [9.17, 15) is 0 Å². The minimum atomic E-state index is 0.143. The third-order valence-corrected chi connectivity index (χ3v) is 4.30. The van der Waals surface area contributed by atoms with Crippen molar-refractivity contribution in [2.24, 2.45) is 11.1 Å². The molecular formula is C14H30N2O. The Hall–Kier alpha value is -0.120. The number of hydrogen-bond donors (Lipinski definition) is 3. The SMILES string of the molecule is CC(CCCO)NC1(CN)CCC(C)(C)CC1. The van der Waals surface area contributed by atoms with E-state index < -0.39 is 0 Å². The van der Waals surface area contributed by atoms with Crippen LogP contribution in [-0.2, 0) is 0 Å². The van der Waals surface area contributed by atoms with Gasteiger partial charge in [0.2, 0.25) is 0 Å². The van der Waals surface area contributed by atoms with Gasteiger partial charge in [0.05, 0.1) is 0 Å². The second-order valence-electron chi connectivity index (χ2n) is 6.56. The van der Waals surface area contributed by atoms with Gasteiger partial charge >= 0.3 is 0 Å². The zero-order valence-electron chi connectivity index (χ0n) is 11.8. The van der Waals surface area contributed by atoms with Crippen molar-refractivity contribution in [3.05, 3.63) is 0 Å². The Labute approximate surface area is 106 Å². The molecule has 0 aromatic carbocycles. The molecule has 0 amide bonds. The van der Waals surface area contributed by atoms with Crippen molar-refractivity contribution >= 4 is 0 Å². The van der Waals surface area contributed by atoms with Gasteiger partial charge in [-0.2, -0.15) is 0 Å². The highest BCUT2D eigenvalue weighted by Gasteiger charge is 2.37. The Balaban J connectivity index is 2.47. The van der Waals surface area contributed by atoms with Crippen molar-refractivity contribution in [3.63, 3.8) is 0 Å². The molecule has 0 aromatic heterocycles. The largest absolute Gasteiger partial charge is 0.396 e. The fourth-order valence-electron chi connectivity index (χ4n) is 2.81. The molecule has 1 atom stereocenters. The van der Waals surface area contributed by atoms with Crippen molar-refractivity contribution in [1.29, 1.82) is 0 Å². The maximum absolute atomic E-state index is 8.86. The molecule has 1 aliphatic carbocycles. The molecule has 17 heavy (non-hydrogen) atoms. The standard InChI is InChI=1S/C14H30N2O/c1-12(5-4-10-17)16-14(11-15)8-6-13(2,3)7-9-14/h12,16-17H,4-11,15H2,1-3H3. The van der Waals surface area contributed by atoms with Crippen LogP contribution in [0.3, 0.4) is 0 Å². The molecule has 0 aromatic rings. The summed E-state index contributed by atoms with van der Waals surface area (Å²) in [7, 11) is 0. The smallest absolute Gasteiger partial charge is 0.0431 e. The highest BCUT2D eigenvalue weighted by Crippen LogP contribution is 2.40. The topological polar surface area (TPSA) is 58.3 Å². The molecule has 0 bridgehead atoms. The Bertz CT molecular complexity index is 218. The van der Waals surface area contributed by atoms with E-state index in [1.54, 1.807) is 0 Å². The van der Waals surface area contributed by atoms with Crippen LogP contribution in [0.1, 0.15) is 59.3 Å². The van der Waals surface area contributed by atoms with Gasteiger partial charge in [0.15, 0.2) is 0 Å². The summed E-state index contributed by atoms with van der Waals surface area (Å²) < 4.78 is 0. The van der Waals surface area contributed by atoms with Gasteiger partial charge in [-0.3, -0.25) is 0 Å². The van der Waals surface area contributed by atoms with Gasteiger partial charge in [0, 0.05) is 24.7 Å². The molecule has 1 saturated carbocycles. The van der Waals surface area contributed by atoms with Gasteiger partial charge in [0.1, 0.15) is 0 Å². The lowest BCUT2D eigenvalue weighted by Gasteiger charge is -2.45. The molecule has 3 nitrogen and oxygen atoms in total. The van der Waals surface area contributed by atoms with E-state index in [2.05, 4.69) is 26.1 Å². The minimum absolute atomic E-state index is 0.143. The summed E-state index contributed by atoms with van der Waals surface area (Å²) in [5.41, 5.74) is 6.62. The van der Waals surface area contributed by atoms with Gasteiger partial charge in [-0.05, 0) is 50.9 Å². The maximum atomic E-state index is 8.86. The van der Waals surface area contributed by atoms with Gasteiger partial charge in [-0.1, -0.05) is 13.8 Å². The Morgan fingerprint density at radius 1 is 1.24 bits per heavy atom. The first-order chi connectivity index (χ1) is 7.93. The molecule has 3 heteroatoms. The maximum Gasteiger partial charge on any atom is 0.0431 e. The summed E-state index contributed by atoms with van der Waals surface area (Å²) in [6.07, 6.45) is 6.77. The van der Waals surface area contributed by atoms with Gasteiger partial charge in [0.25, 0.3) is 0 Å². The number of aliphatic hydroxyl groups is 1. The Morgan fingerprint density at radius 2 is 1.82 bits per heavy atom. The molecule has 0 radical (unpaired) electrons. The molecule has 0 heterocycles. The Kier molecular flexibility index (Phi) is 5.42. The van der Waals surface area contributed by atoms with Crippen LogP contribution in [0.5, 0.6) is 0 Å². The molecule has 102 valence electrons. The second kappa shape index (κ2) is 6.17. The minimum Gasteiger partial charge on any atom is -0.396 e. The normalized spacial score (nSPS) is 24.5. The summed E-state index contributed by atoms with van der Waals surface area (Å²) in [6.45, 7) is 7.92. The van der Waals surface area contributed by atoms with Crippen LogP contribution in [0, 0.1) is 5.41 Å². The third kappa shape index (κ3) is 4.57.